The minimum atomic E-state index is 0.375. The van der Waals surface area contributed by atoms with Gasteiger partial charge in [-0.1, -0.05) is 62.6 Å². The third-order valence-corrected chi connectivity index (χ3v) is 7.65. The zero-order chi connectivity index (χ0) is 22.4. The molecule has 2 aromatic carbocycles. The number of rotatable bonds is 9. The fourth-order valence-corrected chi connectivity index (χ4v) is 5.75. The topological polar surface area (TPSA) is 15.7 Å². The quantitative estimate of drug-likeness (QED) is 0.427. The van der Waals surface area contributed by atoms with E-state index in [1.807, 2.05) is 0 Å². The molecule has 0 amide bonds. The van der Waals surface area contributed by atoms with E-state index in [-0.39, 0.29) is 0 Å². The van der Waals surface area contributed by atoms with E-state index in [1.54, 1.807) is 0 Å². The summed E-state index contributed by atoms with van der Waals surface area (Å²) in [7, 11) is 0. The van der Waals surface area contributed by atoms with Crippen molar-refractivity contribution in [2.24, 2.45) is 5.41 Å². The Morgan fingerprint density at radius 1 is 0.875 bits per heavy atom. The Morgan fingerprint density at radius 3 is 2.19 bits per heavy atom. The summed E-state index contributed by atoms with van der Waals surface area (Å²) in [5, 5.41) is 0. The van der Waals surface area contributed by atoms with Crippen LogP contribution in [0.3, 0.4) is 0 Å². The average Bonchev–Trinajstić information content (AvgIpc) is 3.33. The highest BCUT2D eigenvalue weighted by molar-refractivity contribution is 5.69. The lowest BCUT2D eigenvalue weighted by Gasteiger charge is -2.37. The van der Waals surface area contributed by atoms with Gasteiger partial charge in [-0.3, -0.25) is 4.90 Å². The van der Waals surface area contributed by atoms with Crippen molar-refractivity contribution in [1.82, 2.24) is 4.90 Å². The fourth-order valence-electron chi connectivity index (χ4n) is 5.75. The summed E-state index contributed by atoms with van der Waals surface area (Å²) in [4.78, 5) is 5.21. The Balaban J connectivity index is 1.54. The number of likely N-dealkylation sites (tertiary alicyclic amines) is 1. The molecule has 1 aliphatic heterocycles. The van der Waals surface area contributed by atoms with Crippen LogP contribution in [0.2, 0.25) is 0 Å². The van der Waals surface area contributed by atoms with E-state index in [4.69, 9.17) is 4.74 Å². The maximum Gasteiger partial charge on any atom is 0.0639 e. The maximum atomic E-state index is 6.52. The van der Waals surface area contributed by atoms with Crippen molar-refractivity contribution in [3.8, 4) is 0 Å². The molecule has 1 unspecified atom stereocenters. The van der Waals surface area contributed by atoms with Crippen LogP contribution in [-0.2, 0) is 4.74 Å². The van der Waals surface area contributed by atoms with Crippen molar-refractivity contribution in [3.63, 3.8) is 0 Å². The highest BCUT2D eigenvalue weighted by Gasteiger charge is 2.30. The van der Waals surface area contributed by atoms with Gasteiger partial charge in [0.2, 0.25) is 0 Å². The molecule has 174 valence electrons. The number of hydrogen-bond acceptors (Lipinski definition) is 3. The van der Waals surface area contributed by atoms with Crippen LogP contribution in [0.15, 0.2) is 48.5 Å². The summed E-state index contributed by atoms with van der Waals surface area (Å²) in [6, 6.07) is 18.0. The molecular formula is C29H42N2O. The van der Waals surface area contributed by atoms with Crippen LogP contribution in [0, 0.1) is 19.3 Å². The lowest BCUT2D eigenvalue weighted by atomic mass is 9.76. The second-order valence-electron chi connectivity index (χ2n) is 10.5. The molecule has 1 saturated heterocycles. The van der Waals surface area contributed by atoms with E-state index in [0.717, 1.165) is 19.8 Å². The maximum absolute atomic E-state index is 6.52. The lowest BCUT2D eigenvalue weighted by molar-refractivity contribution is 0.00515. The molecule has 3 nitrogen and oxygen atoms in total. The number of ether oxygens (including phenoxy) is 1. The highest BCUT2D eigenvalue weighted by atomic mass is 16.5. The summed E-state index contributed by atoms with van der Waals surface area (Å²) in [6.07, 6.45) is 9.38. The van der Waals surface area contributed by atoms with Gasteiger partial charge < -0.3 is 9.64 Å². The first-order valence-corrected chi connectivity index (χ1v) is 12.8. The van der Waals surface area contributed by atoms with Crippen molar-refractivity contribution in [3.05, 3.63) is 59.7 Å². The van der Waals surface area contributed by atoms with Gasteiger partial charge >= 0.3 is 0 Å². The van der Waals surface area contributed by atoms with Gasteiger partial charge in [0.15, 0.2) is 0 Å². The number of hydrogen-bond donors (Lipinski definition) is 0. The molecular weight excluding hydrogens is 392 g/mol. The predicted octanol–water partition coefficient (Wildman–Crippen LogP) is 6.89. The Kier molecular flexibility index (Phi) is 7.91. The summed E-state index contributed by atoms with van der Waals surface area (Å²) in [6.45, 7) is 12.0. The van der Waals surface area contributed by atoms with E-state index in [1.165, 1.54) is 80.5 Å². The van der Waals surface area contributed by atoms with Gasteiger partial charge in [-0.05, 0) is 81.3 Å². The molecule has 0 aromatic heterocycles. The lowest BCUT2D eigenvalue weighted by Crippen LogP contribution is -2.45. The number of benzene rings is 2. The van der Waals surface area contributed by atoms with E-state index < -0.39 is 0 Å². The van der Waals surface area contributed by atoms with E-state index >= 15 is 0 Å². The number of anilines is 2. The van der Waals surface area contributed by atoms with Gasteiger partial charge in [-0.25, -0.2) is 0 Å². The molecule has 2 aromatic rings. The summed E-state index contributed by atoms with van der Waals surface area (Å²) in [5.41, 5.74) is 5.67. The van der Waals surface area contributed by atoms with Crippen molar-refractivity contribution >= 4 is 11.4 Å². The molecule has 3 heteroatoms. The number of aryl methyl sites for hydroxylation is 2. The molecule has 0 N–H and O–H groups in total. The number of para-hydroxylation sites is 2. The zero-order valence-electron chi connectivity index (χ0n) is 20.5. The van der Waals surface area contributed by atoms with Gasteiger partial charge in [0, 0.05) is 17.9 Å². The molecule has 4 rings (SSSR count). The molecule has 0 spiro atoms. The van der Waals surface area contributed by atoms with Crippen LogP contribution in [0.1, 0.15) is 63.0 Å². The molecule has 1 heterocycles. The Labute approximate surface area is 195 Å². The Bertz CT molecular complexity index is 817. The van der Waals surface area contributed by atoms with Crippen LogP contribution in [-0.4, -0.2) is 43.8 Å². The van der Waals surface area contributed by atoms with E-state index in [0.29, 0.717) is 11.5 Å². The second-order valence-corrected chi connectivity index (χ2v) is 10.5. The molecule has 0 radical (unpaired) electrons. The Hall–Kier alpha value is -1.84. The molecule has 32 heavy (non-hydrogen) atoms. The smallest absolute Gasteiger partial charge is 0.0639 e. The summed E-state index contributed by atoms with van der Waals surface area (Å²) < 4.78 is 6.52. The van der Waals surface area contributed by atoms with Gasteiger partial charge in [0.05, 0.1) is 19.3 Å². The van der Waals surface area contributed by atoms with E-state index in [9.17, 15) is 0 Å². The molecule has 2 fully saturated rings. The first-order valence-electron chi connectivity index (χ1n) is 12.8. The molecule has 0 bridgehead atoms. The van der Waals surface area contributed by atoms with Crippen molar-refractivity contribution < 1.29 is 4.74 Å². The Morgan fingerprint density at radius 2 is 1.53 bits per heavy atom. The molecule has 1 saturated carbocycles. The normalized spacial score (nSPS) is 19.7. The van der Waals surface area contributed by atoms with Gasteiger partial charge in [-0.15, -0.1) is 0 Å². The first-order chi connectivity index (χ1) is 15.6. The predicted molar refractivity (Wildman–Crippen MR) is 136 cm³/mol. The van der Waals surface area contributed by atoms with Crippen molar-refractivity contribution in [1.29, 1.82) is 0 Å². The van der Waals surface area contributed by atoms with Gasteiger partial charge in [0.1, 0.15) is 0 Å². The van der Waals surface area contributed by atoms with E-state index in [2.05, 4.69) is 79.1 Å². The molecule has 1 atom stereocenters. The molecule has 2 aliphatic rings. The second kappa shape index (κ2) is 10.9. The summed E-state index contributed by atoms with van der Waals surface area (Å²) in [5.74, 6) is 0. The minimum absolute atomic E-state index is 0.375. The van der Waals surface area contributed by atoms with Crippen LogP contribution >= 0.6 is 0 Å². The van der Waals surface area contributed by atoms with Crippen LogP contribution in [0.4, 0.5) is 11.4 Å². The van der Waals surface area contributed by atoms with Crippen LogP contribution in [0.5, 0.6) is 0 Å². The van der Waals surface area contributed by atoms with Crippen LogP contribution < -0.4 is 4.90 Å². The van der Waals surface area contributed by atoms with Crippen LogP contribution in [0.25, 0.3) is 0 Å². The zero-order valence-corrected chi connectivity index (χ0v) is 20.5. The number of nitrogens with zero attached hydrogens (tertiary/aromatic N) is 2. The largest absolute Gasteiger partial charge is 0.379 e. The van der Waals surface area contributed by atoms with Gasteiger partial charge in [0.25, 0.3) is 0 Å². The summed E-state index contributed by atoms with van der Waals surface area (Å²) >= 11 is 0. The first kappa shape index (κ1) is 23.3. The fraction of sp³-hybridized carbons (Fsp3) is 0.586. The molecule has 1 aliphatic carbocycles. The van der Waals surface area contributed by atoms with Crippen molar-refractivity contribution in [2.75, 3.05) is 37.7 Å². The van der Waals surface area contributed by atoms with Gasteiger partial charge in [-0.2, -0.15) is 0 Å². The third kappa shape index (κ3) is 5.74. The monoisotopic (exact) mass is 434 g/mol. The van der Waals surface area contributed by atoms with Crippen molar-refractivity contribution in [2.45, 2.75) is 71.8 Å². The average molecular weight is 435 g/mol. The highest BCUT2D eigenvalue weighted by Crippen LogP contribution is 2.36. The minimum Gasteiger partial charge on any atom is -0.379 e. The SMILES string of the molecule is Cc1cccc(C)c1N(CC(COCC1(C)CCCCC1)N1CCCC1)c1ccccc1. The third-order valence-electron chi connectivity index (χ3n) is 7.65. The standard InChI is InChI=1S/C29H42N2O/c1-24-13-12-14-25(2)28(24)31(26-15-6-4-7-16-26)21-27(30-19-10-11-20-30)22-32-23-29(3)17-8-5-9-18-29/h4,6-7,12-16,27H,5,8-11,17-23H2,1-3H3.